The van der Waals surface area contributed by atoms with Crippen molar-refractivity contribution in [3.63, 3.8) is 0 Å². The standard InChI is InChI=1S/C20H26O5/c1-6-11(2)17(22)25-15-8-7-14-16(21)20(10-19(14,5)13(15)4)12(3)9-24-18(20)23/h6,9,13-15H,7-8,10H2,1-5H3/b11-6-/t13-,14+,15-,19+,20+/m0/s1. The van der Waals surface area contributed by atoms with Gasteiger partial charge in [0.05, 0.1) is 6.26 Å². The van der Waals surface area contributed by atoms with Crippen LogP contribution in [-0.2, 0) is 23.9 Å². The molecule has 136 valence electrons. The number of rotatable bonds is 2. The average Bonchev–Trinajstić information content (AvgIpc) is 3.00. The molecule has 5 heteroatoms. The molecule has 0 bridgehead atoms. The van der Waals surface area contributed by atoms with E-state index in [0.29, 0.717) is 30.4 Å². The van der Waals surface area contributed by atoms with Crippen LogP contribution in [0.15, 0.2) is 23.5 Å². The number of hydrogen-bond donors (Lipinski definition) is 0. The van der Waals surface area contributed by atoms with Crippen molar-refractivity contribution in [1.82, 2.24) is 0 Å². The van der Waals surface area contributed by atoms with Crippen molar-refractivity contribution in [2.75, 3.05) is 0 Å². The molecule has 5 atom stereocenters. The highest BCUT2D eigenvalue weighted by molar-refractivity contribution is 6.11. The van der Waals surface area contributed by atoms with Gasteiger partial charge in [-0.15, -0.1) is 0 Å². The van der Waals surface area contributed by atoms with Crippen LogP contribution in [0.1, 0.15) is 53.9 Å². The number of cyclic esters (lactones) is 1. The van der Waals surface area contributed by atoms with Crippen LogP contribution >= 0.6 is 0 Å². The molecule has 2 fully saturated rings. The Balaban J connectivity index is 1.89. The second kappa shape index (κ2) is 5.82. The van der Waals surface area contributed by atoms with Crippen molar-refractivity contribution in [3.05, 3.63) is 23.5 Å². The zero-order valence-corrected chi connectivity index (χ0v) is 15.5. The van der Waals surface area contributed by atoms with E-state index in [1.807, 2.05) is 6.92 Å². The van der Waals surface area contributed by atoms with E-state index in [9.17, 15) is 14.4 Å². The summed E-state index contributed by atoms with van der Waals surface area (Å²) in [5, 5.41) is 0. The number of hydrogen-bond acceptors (Lipinski definition) is 5. The van der Waals surface area contributed by atoms with Crippen molar-refractivity contribution in [3.8, 4) is 0 Å². The molecule has 2 aliphatic carbocycles. The van der Waals surface area contributed by atoms with Crippen molar-refractivity contribution in [2.45, 2.75) is 60.0 Å². The van der Waals surface area contributed by atoms with Crippen LogP contribution in [-0.4, -0.2) is 23.8 Å². The van der Waals surface area contributed by atoms with Gasteiger partial charge < -0.3 is 9.47 Å². The molecule has 0 aromatic carbocycles. The lowest BCUT2D eigenvalue weighted by molar-refractivity contribution is -0.155. The normalized spacial score (nSPS) is 40.8. The summed E-state index contributed by atoms with van der Waals surface area (Å²) in [6.07, 6.45) is 4.62. The molecule has 3 rings (SSSR count). The van der Waals surface area contributed by atoms with Crippen LogP contribution in [0.4, 0.5) is 0 Å². The van der Waals surface area contributed by atoms with Crippen LogP contribution < -0.4 is 0 Å². The Kier molecular flexibility index (Phi) is 4.17. The Bertz CT molecular complexity index is 703. The van der Waals surface area contributed by atoms with Crippen LogP contribution in [0.3, 0.4) is 0 Å². The summed E-state index contributed by atoms with van der Waals surface area (Å²) < 4.78 is 10.8. The van der Waals surface area contributed by atoms with Gasteiger partial charge in [0.1, 0.15) is 6.10 Å². The summed E-state index contributed by atoms with van der Waals surface area (Å²) in [5.74, 6) is -0.987. The van der Waals surface area contributed by atoms with Gasteiger partial charge in [-0.05, 0) is 56.9 Å². The largest absolute Gasteiger partial charge is 0.459 e. The van der Waals surface area contributed by atoms with Crippen LogP contribution in [0.5, 0.6) is 0 Å². The lowest BCUT2D eigenvalue weighted by Gasteiger charge is -2.45. The van der Waals surface area contributed by atoms with Crippen LogP contribution in [0.25, 0.3) is 0 Å². The van der Waals surface area contributed by atoms with Gasteiger partial charge in [-0.1, -0.05) is 19.9 Å². The van der Waals surface area contributed by atoms with E-state index < -0.39 is 11.4 Å². The number of carbonyl (C=O) groups excluding carboxylic acids is 3. The third-order valence-corrected chi connectivity index (χ3v) is 6.89. The summed E-state index contributed by atoms with van der Waals surface area (Å²) in [6.45, 7) is 9.41. The molecule has 25 heavy (non-hydrogen) atoms. The second-order valence-electron chi connectivity index (χ2n) is 7.99. The minimum absolute atomic E-state index is 0.00983. The van der Waals surface area contributed by atoms with Gasteiger partial charge in [-0.2, -0.15) is 0 Å². The number of ether oxygens (including phenoxy) is 2. The molecule has 0 unspecified atom stereocenters. The Hall–Kier alpha value is -1.91. The Morgan fingerprint density at radius 3 is 2.60 bits per heavy atom. The average molecular weight is 346 g/mol. The van der Waals surface area contributed by atoms with E-state index in [4.69, 9.17) is 9.47 Å². The SMILES string of the molecule is C/C=C(/C)C(=O)O[C@H]1CC[C@@H]2C(=O)[C@]3(C[C@]2(C)[C@H]1C)C(=O)OC=C3C. The predicted octanol–water partition coefficient (Wildman–Crippen LogP) is 3.34. The first kappa shape index (κ1) is 17.9. The van der Waals surface area contributed by atoms with Crippen molar-refractivity contribution >= 4 is 17.7 Å². The molecule has 1 heterocycles. The maximum atomic E-state index is 13.2. The predicted molar refractivity (Wildman–Crippen MR) is 91.2 cm³/mol. The molecule has 0 amide bonds. The molecule has 0 radical (unpaired) electrons. The fourth-order valence-corrected chi connectivity index (χ4v) is 4.84. The highest BCUT2D eigenvalue weighted by atomic mass is 16.5. The van der Waals surface area contributed by atoms with Gasteiger partial charge in [0.25, 0.3) is 0 Å². The molecule has 5 nitrogen and oxygen atoms in total. The molecule has 0 aromatic rings. The molecular weight excluding hydrogens is 320 g/mol. The quantitative estimate of drug-likeness (QED) is 0.436. The number of allylic oxidation sites excluding steroid dienone is 1. The first-order valence-corrected chi connectivity index (χ1v) is 8.95. The summed E-state index contributed by atoms with van der Waals surface area (Å²) in [6, 6.07) is 0. The minimum Gasteiger partial charge on any atom is -0.459 e. The van der Waals surface area contributed by atoms with Gasteiger partial charge in [-0.3, -0.25) is 9.59 Å². The second-order valence-corrected chi connectivity index (χ2v) is 7.99. The van der Waals surface area contributed by atoms with Gasteiger partial charge in [0.15, 0.2) is 11.2 Å². The zero-order valence-electron chi connectivity index (χ0n) is 15.5. The summed E-state index contributed by atoms with van der Waals surface area (Å²) >= 11 is 0. The molecule has 0 N–H and O–H groups in total. The Labute approximate surface area is 148 Å². The summed E-state index contributed by atoms with van der Waals surface area (Å²) in [4.78, 5) is 37.7. The van der Waals surface area contributed by atoms with E-state index in [1.54, 1.807) is 26.8 Å². The number of esters is 2. The molecule has 0 aromatic heterocycles. The maximum absolute atomic E-state index is 13.2. The molecule has 1 aliphatic heterocycles. The zero-order chi connectivity index (χ0) is 18.6. The minimum atomic E-state index is -1.13. The Morgan fingerprint density at radius 1 is 1.36 bits per heavy atom. The first-order chi connectivity index (χ1) is 11.7. The first-order valence-electron chi connectivity index (χ1n) is 8.95. The molecule has 2 saturated carbocycles. The van der Waals surface area contributed by atoms with Gasteiger partial charge in [-0.25, -0.2) is 4.79 Å². The topological polar surface area (TPSA) is 69.7 Å². The third-order valence-electron chi connectivity index (χ3n) is 6.89. The molecular formula is C20H26O5. The third kappa shape index (κ3) is 2.31. The van der Waals surface area contributed by atoms with Crippen LogP contribution in [0, 0.1) is 22.7 Å². The van der Waals surface area contributed by atoms with Crippen molar-refractivity contribution in [1.29, 1.82) is 0 Å². The van der Waals surface area contributed by atoms with Crippen LogP contribution in [0.2, 0.25) is 0 Å². The van der Waals surface area contributed by atoms with E-state index in [0.717, 1.165) is 0 Å². The maximum Gasteiger partial charge on any atom is 0.333 e. The van der Waals surface area contributed by atoms with Gasteiger partial charge in [0, 0.05) is 11.5 Å². The number of Topliss-reactive ketones (excluding diaryl/α,β-unsaturated/α-hetero) is 1. The van der Waals surface area contributed by atoms with Gasteiger partial charge in [0.2, 0.25) is 0 Å². The smallest absolute Gasteiger partial charge is 0.333 e. The van der Waals surface area contributed by atoms with E-state index in [2.05, 4.69) is 6.92 Å². The van der Waals surface area contributed by atoms with Crippen molar-refractivity contribution < 1.29 is 23.9 Å². The molecule has 0 saturated heterocycles. The number of ketones is 1. The highest BCUT2D eigenvalue weighted by Gasteiger charge is 2.68. The monoisotopic (exact) mass is 346 g/mol. The lowest BCUT2D eigenvalue weighted by Crippen LogP contribution is -2.45. The fraction of sp³-hybridized carbons (Fsp3) is 0.650. The van der Waals surface area contributed by atoms with E-state index in [1.165, 1.54) is 6.26 Å². The Morgan fingerprint density at radius 2 is 2.04 bits per heavy atom. The molecule has 3 aliphatic rings. The highest BCUT2D eigenvalue weighted by Crippen LogP contribution is 2.63. The van der Waals surface area contributed by atoms with Gasteiger partial charge >= 0.3 is 11.9 Å². The molecule has 1 spiro atoms. The van der Waals surface area contributed by atoms with E-state index >= 15 is 0 Å². The lowest BCUT2D eigenvalue weighted by atomic mass is 9.61. The van der Waals surface area contributed by atoms with Crippen molar-refractivity contribution in [2.24, 2.45) is 22.7 Å². The fourth-order valence-electron chi connectivity index (χ4n) is 4.84. The summed E-state index contributed by atoms with van der Waals surface area (Å²) in [5.41, 5.74) is -0.241. The number of fused-ring (bicyclic) bond motifs is 1. The number of carbonyl (C=O) groups is 3. The van der Waals surface area contributed by atoms with E-state index in [-0.39, 0.29) is 35.1 Å². The summed E-state index contributed by atoms with van der Waals surface area (Å²) in [7, 11) is 0.